The second kappa shape index (κ2) is 5.26. The van der Waals surface area contributed by atoms with Crippen LogP contribution in [-0.2, 0) is 15.6 Å². The summed E-state index contributed by atoms with van der Waals surface area (Å²) in [7, 11) is -3.09. The van der Waals surface area contributed by atoms with Crippen molar-refractivity contribution in [2.24, 2.45) is 0 Å². The Labute approximate surface area is 109 Å². The standard InChI is InChI=1S/C9H14IN3O2S/c1-4-11-9-8(10)6(2)12-7(13-9)5-16(3,14)15/h4-5H2,1-3H3,(H,11,12,13). The maximum atomic E-state index is 11.2. The Morgan fingerprint density at radius 3 is 2.50 bits per heavy atom. The highest BCUT2D eigenvalue weighted by Crippen LogP contribution is 2.18. The second-order valence-corrected chi connectivity index (χ2v) is 6.71. The van der Waals surface area contributed by atoms with E-state index in [-0.39, 0.29) is 5.75 Å². The van der Waals surface area contributed by atoms with Gasteiger partial charge in [0.2, 0.25) is 0 Å². The molecule has 1 aromatic rings. The van der Waals surface area contributed by atoms with Crippen LogP contribution in [0.25, 0.3) is 0 Å². The molecule has 0 spiro atoms. The molecule has 5 nitrogen and oxygen atoms in total. The fourth-order valence-electron chi connectivity index (χ4n) is 1.20. The van der Waals surface area contributed by atoms with Crippen LogP contribution in [0.15, 0.2) is 0 Å². The van der Waals surface area contributed by atoms with Crippen LogP contribution >= 0.6 is 22.6 Å². The Morgan fingerprint density at radius 2 is 2.00 bits per heavy atom. The summed E-state index contributed by atoms with van der Waals surface area (Å²) in [5, 5.41) is 3.09. The van der Waals surface area contributed by atoms with Gasteiger partial charge >= 0.3 is 0 Å². The van der Waals surface area contributed by atoms with Crippen molar-refractivity contribution in [1.29, 1.82) is 0 Å². The van der Waals surface area contributed by atoms with Gasteiger partial charge in [-0.3, -0.25) is 0 Å². The Balaban J connectivity index is 3.13. The number of nitrogens with one attached hydrogen (secondary N) is 1. The number of sulfone groups is 1. The first-order chi connectivity index (χ1) is 7.33. The van der Waals surface area contributed by atoms with Gasteiger partial charge in [0.05, 0.1) is 9.26 Å². The molecule has 0 bridgehead atoms. The first-order valence-electron chi connectivity index (χ1n) is 4.78. The molecule has 1 rings (SSSR count). The number of rotatable bonds is 4. The molecule has 7 heteroatoms. The van der Waals surface area contributed by atoms with Crippen LogP contribution in [0, 0.1) is 10.5 Å². The average Bonchev–Trinajstić information content (AvgIpc) is 2.11. The van der Waals surface area contributed by atoms with Crippen molar-refractivity contribution >= 4 is 38.2 Å². The normalized spacial score (nSPS) is 11.5. The number of nitrogens with zero attached hydrogens (tertiary/aromatic N) is 2. The van der Waals surface area contributed by atoms with Crippen LogP contribution in [0.2, 0.25) is 0 Å². The maximum Gasteiger partial charge on any atom is 0.154 e. The van der Waals surface area contributed by atoms with Crippen LogP contribution in [0.5, 0.6) is 0 Å². The van der Waals surface area contributed by atoms with Gasteiger partial charge in [-0.1, -0.05) is 0 Å². The molecule has 0 radical (unpaired) electrons. The predicted molar refractivity (Wildman–Crippen MR) is 72.2 cm³/mol. The molecule has 0 saturated heterocycles. The number of aromatic nitrogens is 2. The van der Waals surface area contributed by atoms with Gasteiger partial charge in [0, 0.05) is 12.8 Å². The highest BCUT2D eigenvalue weighted by molar-refractivity contribution is 14.1. The Bertz CT molecular complexity index is 488. The van der Waals surface area contributed by atoms with E-state index in [1.807, 2.05) is 13.8 Å². The average molecular weight is 355 g/mol. The summed E-state index contributed by atoms with van der Waals surface area (Å²) in [6.07, 6.45) is 1.18. The molecule has 0 unspecified atom stereocenters. The molecule has 0 aliphatic carbocycles. The lowest BCUT2D eigenvalue weighted by Crippen LogP contribution is -2.11. The molecule has 1 heterocycles. The van der Waals surface area contributed by atoms with Gasteiger partial charge in [-0.05, 0) is 36.4 Å². The first-order valence-corrected chi connectivity index (χ1v) is 7.92. The minimum absolute atomic E-state index is 0.122. The van der Waals surface area contributed by atoms with Gasteiger partial charge in [0.1, 0.15) is 17.4 Å². The van der Waals surface area contributed by atoms with E-state index in [4.69, 9.17) is 0 Å². The van der Waals surface area contributed by atoms with E-state index in [2.05, 4.69) is 37.9 Å². The van der Waals surface area contributed by atoms with E-state index in [0.717, 1.165) is 15.8 Å². The van der Waals surface area contributed by atoms with Crippen molar-refractivity contribution in [1.82, 2.24) is 9.97 Å². The number of hydrogen-bond donors (Lipinski definition) is 1. The molecular formula is C9H14IN3O2S. The molecule has 0 aliphatic rings. The molecule has 0 atom stereocenters. The van der Waals surface area contributed by atoms with Crippen molar-refractivity contribution in [3.63, 3.8) is 0 Å². The van der Waals surface area contributed by atoms with Gasteiger partial charge in [0.15, 0.2) is 9.84 Å². The van der Waals surface area contributed by atoms with Gasteiger partial charge in [0.25, 0.3) is 0 Å². The molecule has 1 aromatic heterocycles. The van der Waals surface area contributed by atoms with Crippen molar-refractivity contribution in [2.75, 3.05) is 18.1 Å². The zero-order chi connectivity index (χ0) is 12.3. The first kappa shape index (κ1) is 13.6. The van der Waals surface area contributed by atoms with Gasteiger partial charge in [-0.2, -0.15) is 0 Å². The number of aryl methyl sites for hydroxylation is 1. The molecule has 90 valence electrons. The van der Waals surface area contributed by atoms with Crippen LogP contribution in [0.3, 0.4) is 0 Å². The number of anilines is 1. The summed E-state index contributed by atoms with van der Waals surface area (Å²) in [4.78, 5) is 8.36. The fraction of sp³-hybridized carbons (Fsp3) is 0.556. The largest absolute Gasteiger partial charge is 0.369 e. The van der Waals surface area contributed by atoms with Crippen LogP contribution in [0.4, 0.5) is 5.82 Å². The lowest BCUT2D eigenvalue weighted by molar-refractivity contribution is 0.599. The van der Waals surface area contributed by atoms with E-state index >= 15 is 0 Å². The minimum atomic E-state index is -3.09. The van der Waals surface area contributed by atoms with Gasteiger partial charge in [-0.25, -0.2) is 18.4 Å². The van der Waals surface area contributed by atoms with Crippen LogP contribution < -0.4 is 5.32 Å². The topological polar surface area (TPSA) is 72.0 Å². The molecule has 0 aliphatic heterocycles. The van der Waals surface area contributed by atoms with Crippen molar-refractivity contribution < 1.29 is 8.42 Å². The molecule has 0 fully saturated rings. The third-order valence-corrected chi connectivity index (χ3v) is 3.87. The minimum Gasteiger partial charge on any atom is -0.369 e. The zero-order valence-corrected chi connectivity index (χ0v) is 12.4. The molecule has 0 amide bonds. The van der Waals surface area contributed by atoms with E-state index in [1.165, 1.54) is 6.26 Å². The summed E-state index contributed by atoms with van der Waals surface area (Å²) in [6, 6.07) is 0. The molecule has 1 N–H and O–H groups in total. The summed E-state index contributed by atoms with van der Waals surface area (Å²) >= 11 is 2.15. The van der Waals surface area contributed by atoms with E-state index in [9.17, 15) is 8.42 Å². The lowest BCUT2D eigenvalue weighted by Gasteiger charge is -2.09. The summed E-state index contributed by atoms with van der Waals surface area (Å²) in [5.74, 6) is 0.925. The van der Waals surface area contributed by atoms with Crippen molar-refractivity contribution in [3.8, 4) is 0 Å². The zero-order valence-electron chi connectivity index (χ0n) is 9.41. The fourth-order valence-corrected chi connectivity index (χ4v) is 2.23. The van der Waals surface area contributed by atoms with Crippen molar-refractivity contribution in [3.05, 3.63) is 15.1 Å². The third-order valence-electron chi connectivity index (χ3n) is 1.80. The molecule has 0 aromatic carbocycles. The Morgan fingerprint density at radius 1 is 1.38 bits per heavy atom. The SMILES string of the molecule is CCNc1nc(CS(C)(=O)=O)nc(C)c1I. The van der Waals surface area contributed by atoms with Gasteiger partial charge < -0.3 is 5.32 Å². The van der Waals surface area contributed by atoms with Crippen LogP contribution in [0.1, 0.15) is 18.4 Å². The Kier molecular flexibility index (Phi) is 4.48. The van der Waals surface area contributed by atoms with Crippen molar-refractivity contribution in [2.45, 2.75) is 19.6 Å². The van der Waals surface area contributed by atoms with Crippen LogP contribution in [-0.4, -0.2) is 31.2 Å². The quantitative estimate of drug-likeness (QED) is 0.826. The highest BCUT2D eigenvalue weighted by Gasteiger charge is 2.12. The summed E-state index contributed by atoms with van der Waals surface area (Å²) in [6.45, 7) is 4.55. The van der Waals surface area contributed by atoms with E-state index in [1.54, 1.807) is 0 Å². The monoisotopic (exact) mass is 355 g/mol. The maximum absolute atomic E-state index is 11.2. The second-order valence-electron chi connectivity index (χ2n) is 3.49. The van der Waals surface area contributed by atoms with Gasteiger partial charge in [-0.15, -0.1) is 0 Å². The molecular weight excluding hydrogens is 341 g/mol. The number of halogens is 1. The third kappa shape index (κ3) is 3.85. The number of hydrogen-bond acceptors (Lipinski definition) is 5. The summed E-state index contributed by atoms with van der Waals surface area (Å²) in [5.41, 5.74) is 0.796. The van der Waals surface area contributed by atoms with E-state index in [0.29, 0.717) is 11.6 Å². The Hall–Kier alpha value is -0.440. The smallest absolute Gasteiger partial charge is 0.154 e. The molecule has 0 saturated carbocycles. The highest BCUT2D eigenvalue weighted by atomic mass is 127. The lowest BCUT2D eigenvalue weighted by atomic mass is 10.4. The predicted octanol–water partition coefficient (Wildman–Crippen LogP) is 1.37. The molecule has 16 heavy (non-hydrogen) atoms. The summed E-state index contributed by atoms with van der Waals surface area (Å²) < 4.78 is 23.3. The van der Waals surface area contributed by atoms with E-state index < -0.39 is 9.84 Å².